The maximum absolute atomic E-state index is 9.04. The number of aryl methyl sites for hydroxylation is 2. The predicted molar refractivity (Wildman–Crippen MR) is 70.1 cm³/mol. The Morgan fingerprint density at radius 3 is 2.88 bits per heavy atom. The maximum atomic E-state index is 9.04. The Bertz CT molecular complexity index is 566. The largest absolute Gasteiger partial charge is 0.379 e. The van der Waals surface area contributed by atoms with Gasteiger partial charge in [0.15, 0.2) is 0 Å². The molecule has 2 rings (SSSR count). The zero-order chi connectivity index (χ0) is 12.3. The second-order valence-electron chi connectivity index (χ2n) is 3.81. The maximum Gasteiger partial charge on any atom is 0.101 e. The lowest BCUT2D eigenvalue weighted by Crippen LogP contribution is -2.01. The van der Waals surface area contributed by atoms with Crippen molar-refractivity contribution in [2.45, 2.75) is 20.4 Å². The third kappa shape index (κ3) is 2.63. The minimum atomic E-state index is 0.686. The van der Waals surface area contributed by atoms with Gasteiger partial charge in [0, 0.05) is 11.1 Å². The lowest BCUT2D eigenvalue weighted by molar-refractivity contribution is 1.15. The van der Waals surface area contributed by atoms with Gasteiger partial charge in [-0.1, -0.05) is 12.1 Å². The van der Waals surface area contributed by atoms with Crippen molar-refractivity contribution >= 4 is 17.0 Å². The predicted octanol–water partition coefficient (Wildman–Crippen LogP) is 3.24. The molecule has 0 saturated heterocycles. The Morgan fingerprint density at radius 2 is 2.24 bits per heavy atom. The number of benzene rings is 1. The molecule has 0 aliphatic heterocycles. The zero-order valence-electron chi connectivity index (χ0n) is 9.82. The van der Waals surface area contributed by atoms with Gasteiger partial charge in [-0.05, 0) is 25.5 Å². The van der Waals surface area contributed by atoms with Crippen LogP contribution in [0.4, 0.5) is 5.69 Å². The topological polar surface area (TPSA) is 48.7 Å². The summed E-state index contributed by atoms with van der Waals surface area (Å²) in [5, 5.41) is 13.4. The number of aromatic nitrogens is 1. The Balaban J connectivity index is 2.17. The van der Waals surface area contributed by atoms with Gasteiger partial charge in [-0.2, -0.15) is 5.26 Å². The molecule has 0 fully saturated rings. The van der Waals surface area contributed by atoms with Crippen LogP contribution < -0.4 is 5.32 Å². The minimum Gasteiger partial charge on any atom is -0.379 e. The summed E-state index contributed by atoms with van der Waals surface area (Å²) in [6.07, 6.45) is 1.87. The van der Waals surface area contributed by atoms with E-state index in [0.29, 0.717) is 12.1 Å². The molecule has 1 N–H and O–H groups in total. The average molecular weight is 243 g/mol. The van der Waals surface area contributed by atoms with Crippen molar-refractivity contribution in [3.05, 3.63) is 45.4 Å². The first-order valence-corrected chi connectivity index (χ1v) is 6.17. The summed E-state index contributed by atoms with van der Waals surface area (Å²) in [5.41, 5.74) is 2.69. The summed E-state index contributed by atoms with van der Waals surface area (Å²) in [5.74, 6) is 0. The first-order chi connectivity index (χ1) is 8.20. The van der Waals surface area contributed by atoms with Crippen molar-refractivity contribution in [2.24, 2.45) is 0 Å². The Kier molecular flexibility index (Phi) is 3.40. The standard InChI is InChI=1S/C13H13N3S/c1-9-4-3-5-11(6-14)13(9)16-8-12-7-15-10(2)17-12/h3-5,7,16H,8H2,1-2H3. The van der Waals surface area contributed by atoms with Crippen LogP contribution in [0.1, 0.15) is 21.0 Å². The summed E-state index contributed by atoms with van der Waals surface area (Å²) in [4.78, 5) is 5.38. The Morgan fingerprint density at radius 1 is 1.41 bits per heavy atom. The first-order valence-electron chi connectivity index (χ1n) is 5.35. The molecule has 0 amide bonds. The van der Waals surface area contributed by atoms with Crippen LogP contribution in [0.5, 0.6) is 0 Å². The highest BCUT2D eigenvalue weighted by Gasteiger charge is 2.05. The zero-order valence-corrected chi connectivity index (χ0v) is 10.6. The first kappa shape index (κ1) is 11.6. The van der Waals surface area contributed by atoms with Gasteiger partial charge >= 0.3 is 0 Å². The van der Waals surface area contributed by atoms with Crippen LogP contribution >= 0.6 is 11.3 Å². The van der Waals surface area contributed by atoms with E-state index in [4.69, 9.17) is 5.26 Å². The summed E-state index contributed by atoms with van der Waals surface area (Å²) in [6.45, 7) is 4.70. The number of para-hydroxylation sites is 1. The van der Waals surface area contributed by atoms with Crippen molar-refractivity contribution in [2.75, 3.05) is 5.32 Å². The lowest BCUT2D eigenvalue weighted by atomic mass is 10.1. The molecule has 4 heteroatoms. The molecule has 3 nitrogen and oxygen atoms in total. The van der Waals surface area contributed by atoms with Gasteiger partial charge < -0.3 is 5.32 Å². The van der Waals surface area contributed by atoms with Crippen molar-refractivity contribution in [1.29, 1.82) is 5.26 Å². The summed E-state index contributed by atoms with van der Waals surface area (Å²) in [7, 11) is 0. The summed E-state index contributed by atoms with van der Waals surface area (Å²) in [6, 6.07) is 7.93. The molecule has 0 atom stereocenters. The quantitative estimate of drug-likeness (QED) is 0.900. The van der Waals surface area contributed by atoms with Crippen LogP contribution in [0, 0.1) is 25.2 Å². The SMILES string of the molecule is Cc1ncc(CNc2c(C)cccc2C#N)s1. The monoisotopic (exact) mass is 243 g/mol. The van der Waals surface area contributed by atoms with Gasteiger partial charge in [0.2, 0.25) is 0 Å². The number of nitriles is 1. The van der Waals surface area contributed by atoms with Crippen LogP contribution in [0.2, 0.25) is 0 Å². The highest BCUT2D eigenvalue weighted by Crippen LogP contribution is 2.21. The Labute approximate surface area is 105 Å². The number of hydrogen-bond donors (Lipinski definition) is 1. The number of nitrogens with zero attached hydrogens (tertiary/aromatic N) is 2. The van der Waals surface area contributed by atoms with Crippen LogP contribution in [0.3, 0.4) is 0 Å². The number of thiazole rings is 1. The molecule has 1 aromatic carbocycles. The Hall–Kier alpha value is -1.86. The molecule has 86 valence electrons. The number of anilines is 1. The lowest BCUT2D eigenvalue weighted by Gasteiger charge is -2.09. The van der Waals surface area contributed by atoms with Gasteiger partial charge in [0.25, 0.3) is 0 Å². The van der Waals surface area contributed by atoms with Gasteiger partial charge in [0.1, 0.15) is 6.07 Å². The van der Waals surface area contributed by atoms with Crippen molar-refractivity contribution in [3.8, 4) is 6.07 Å². The fraction of sp³-hybridized carbons (Fsp3) is 0.231. The third-order valence-electron chi connectivity index (χ3n) is 2.50. The summed E-state index contributed by atoms with van der Waals surface area (Å²) >= 11 is 1.67. The molecule has 0 radical (unpaired) electrons. The van der Waals surface area contributed by atoms with E-state index in [1.54, 1.807) is 11.3 Å². The van der Waals surface area contributed by atoms with Crippen molar-refractivity contribution < 1.29 is 0 Å². The van der Waals surface area contributed by atoms with Crippen LogP contribution in [-0.4, -0.2) is 4.98 Å². The smallest absolute Gasteiger partial charge is 0.101 e. The fourth-order valence-corrected chi connectivity index (χ4v) is 2.39. The second-order valence-corrected chi connectivity index (χ2v) is 5.13. The molecular formula is C13H13N3S. The van der Waals surface area contributed by atoms with E-state index in [-0.39, 0.29) is 0 Å². The minimum absolute atomic E-state index is 0.686. The van der Waals surface area contributed by atoms with Crippen molar-refractivity contribution in [3.63, 3.8) is 0 Å². The van der Waals surface area contributed by atoms with Crippen LogP contribution in [-0.2, 0) is 6.54 Å². The molecule has 1 aromatic heterocycles. The molecule has 0 unspecified atom stereocenters. The molecule has 1 heterocycles. The molecule has 0 spiro atoms. The van der Waals surface area contributed by atoms with Gasteiger partial charge in [-0.3, -0.25) is 0 Å². The molecule has 0 saturated carbocycles. The third-order valence-corrected chi connectivity index (χ3v) is 3.41. The molecule has 2 aromatic rings. The van der Waals surface area contributed by atoms with Gasteiger partial charge in [0.05, 0.1) is 22.8 Å². The number of rotatable bonds is 3. The number of nitrogens with one attached hydrogen (secondary N) is 1. The van der Waals surface area contributed by atoms with E-state index in [1.807, 2.05) is 38.2 Å². The van der Waals surface area contributed by atoms with Crippen LogP contribution in [0.25, 0.3) is 0 Å². The second kappa shape index (κ2) is 4.98. The molecule has 0 bridgehead atoms. The molecule has 0 aliphatic rings. The van der Waals surface area contributed by atoms with Crippen molar-refractivity contribution in [1.82, 2.24) is 4.98 Å². The summed E-state index contributed by atoms with van der Waals surface area (Å²) < 4.78 is 0. The van der Waals surface area contributed by atoms with Crippen LogP contribution in [0.15, 0.2) is 24.4 Å². The normalized spacial score (nSPS) is 9.94. The van der Waals surface area contributed by atoms with E-state index >= 15 is 0 Å². The van der Waals surface area contributed by atoms with Gasteiger partial charge in [-0.15, -0.1) is 11.3 Å². The average Bonchev–Trinajstić information content (AvgIpc) is 2.73. The molecule has 0 aliphatic carbocycles. The highest BCUT2D eigenvalue weighted by atomic mass is 32.1. The van der Waals surface area contributed by atoms with E-state index in [0.717, 1.165) is 16.3 Å². The van der Waals surface area contributed by atoms with E-state index in [9.17, 15) is 0 Å². The van der Waals surface area contributed by atoms with E-state index in [2.05, 4.69) is 16.4 Å². The fourth-order valence-electron chi connectivity index (χ4n) is 1.66. The van der Waals surface area contributed by atoms with Gasteiger partial charge in [-0.25, -0.2) is 4.98 Å². The highest BCUT2D eigenvalue weighted by molar-refractivity contribution is 7.11. The molecule has 17 heavy (non-hydrogen) atoms. The molecular weight excluding hydrogens is 230 g/mol. The van der Waals surface area contributed by atoms with E-state index < -0.39 is 0 Å². The number of hydrogen-bond acceptors (Lipinski definition) is 4. The van der Waals surface area contributed by atoms with E-state index in [1.165, 1.54) is 4.88 Å².